The van der Waals surface area contributed by atoms with Crippen molar-refractivity contribution in [3.63, 3.8) is 0 Å². The van der Waals surface area contributed by atoms with Crippen LogP contribution in [0.3, 0.4) is 0 Å². The van der Waals surface area contributed by atoms with E-state index in [1.165, 1.54) is 18.9 Å². The van der Waals surface area contributed by atoms with Crippen LogP contribution < -0.4 is 0 Å². The number of ether oxygens (including phenoxy) is 1. The van der Waals surface area contributed by atoms with Crippen LogP contribution in [0.4, 0.5) is 0 Å². The molecule has 0 aliphatic rings. The van der Waals surface area contributed by atoms with Crippen molar-refractivity contribution in [2.24, 2.45) is 5.41 Å². The molecule has 18 heavy (non-hydrogen) atoms. The van der Waals surface area contributed by atoms with Crippen LogP contribution in [0.15, 0.2) is 11.8 Å². The molecule has 4 heteroatoms. The maximum Gasteiger partial charge on any atom is 0.358 e. The average molecular weight is 248 g/mol. The van der Waals surface area contributed by atoms with Gasteiger partial charge in [0, 0.05) is 0 Å². The number of allylic oxidation sites excluding steroid dienone is 1. The Bertz CT molecular complexity index is 485. The normalized spacial score (nSPS) is 12.4. The number of hydrogen-bond donors (Lipinski definition) is 0. The van der Waals surface area contributed by atoms with Crippen molar-refractivity contribution < 1.29 is 9.53 Å². The second kappa shape index (κ2) is 5.29. The van der Waals surface area contributed by atoms with Crippen molar-refractivity contribution in [3.05, 3.63) is 28.9 Å². The smallest absolute Gasteiger partial charge is 0.358 e. The van der Waals surface area contributed by atoms with E-state index < -0.39 is 5.97 Å². The van der Waals surface area contributed by atoms with E-state index in [9.17, 15) is 4.79 Å². The SMILES string of the molecule is COC(=O)c1cnc(/C=C(\C)C(C)(C)C)c(C)n1. The van der Waals surface area contributed by atoms with E-state index >= 15 is 0 Å². The number of carbonyl (C=O) groups excluding carboxylic acids is 1. The summed E-state index contributed by atoms with van der Waals surface area (Å²) in [4.78, 5) is 19.8. The molecule has 1 aromatic rings. The first-order valence-corrected chi connectivity index (χ1v) is 5.86. The minimum absolute atomic E-state index is 0.0924. The van der Waals surface area contributed by atoms with Crippen molar-refractivity contribution in [2.45, 2.75) is 34.6 Å². The highest BCUT2D eigenvalue weighted by molar-refractivity contribution is 5.86. The molecule has 0 unspecified atom stereocenters. The quantitative estimate of drug-likeness (QED) is 0.755. The van der Waals surface area contributed by atoms with Gasteiger partial charge in [-0.2, -0.15) is 0 Å². The number of carbonyl (C=O) groups is 1. The Labute approximate surface area is 108 Å². The molecule has 0 aliphatic heterocycles. The number of rotatable bonds is 2. The molecular formula is C14H20N2O2. The number of hydrogen-bond acceptors (Lipinski definition) is 4. The molecular weight excluding hydrogens is 228 g/mol. The summed E-state index contributed by atoms with van der Waals surface area (Å²) in [6, 6.07) is 0. The third-order valence-corrected chi connectivity index (χ3v) is 2.92. The zero-order chi connectivity index (χ0) is 13.9. The van der Waals surface area contributed by atoms with Crippen LogP contribution in [0.2, 0.25) is 0 Å². The van der Waals surface area contributed by atoms with Crippen molar-refractivity contribution >= 4 is 12.0 Å². The molecule has 0 fully saturated rings. The Balaban J connectivity index is 3.11. The zero-order valence-corrected chi connectivity index (χ0v) is 11.9. The van der Waals surface area contributed by atoms with Gasteiger partial charge >= 0.3 is 5.97 Å². The minimum atomic E-state index is -0.464. The number of esters is 1. The van der Waals surface area contributed by atoms with E-state index in [0.717, 1.165) is 11.4 Å². The topological polar surface area (TPSA) is 52.1 Å². The van der Waals surface area contributed by atoms with Gasteiger partial charge in [0.15, 0.2) is 5.69 Å². The summed E-state index contributed by atoms with van der Waals surface area (Å²) in [5, 5.41) is 0. The highest BCUT2D eigenvalue weighted by Crippen LogP contribution is 2.26. The van der Waals surface area contributed by atoms with Crippen LogP contribution in [0.1, 0.15) is 49.6 Å². The van der Waals surface area contributed by atoms with Crippen molar-refractivity contribution in [3.8, 4) is 0 Å². The summed E-state index contributed by atoms with van der Waals surface area (Å²) < 4.78 is 4.61. The average Bonchev–Trinajstić information content (AvgIpc) is 2.29. The summed E-state index contributed by atoms with van der Waals surface area (Å²) >= 11 is 0. The Morgan fingerprint density at radius 1 is 1.39 bits per heavy atom. The summed E-state index contributed by atoms with van der Waals surface area (Å²) in [5.74, 6) is -0.464. The fourth-order valence-corrected chi connectivity index (χ4v) is 1.26. The van der Waals surface area contributed by atoms with Crippen LogP contribution in [0.25, 0.3) is 6.08 Å². The maximum atomic E-state index is 11.3. The van der Waals surface area contributed by atoms with Gasteiger partial charge < -0.3 is 4.74 Å². The van der Waals surface area contributed by atoms with Crippen molar-refractivity contribution in [2.75, 3.05) is 7.11 Å². The molecule has 4 nitrogen and oxygen atoms in total. The lowest BCUT2D eigenvalue weighted by molar-refractivity contribution is 0.0593. The molecule has 98 valence electrons. The summed E-state index contributed by atoms with van der Waals surface area (Å²) in [5.41, 5.74) is 3.05. The van der Waals surface area contributed by atoms with Crippen molar-refractivity contribution in [1.82, 2.24) is 9.97 Å². The molecule has 1 rings (SSSR count). The first-order chi connectivity index (χ1) is 8.25. The summed E-state index contributed by atoms with van der Waals surface area (Å²) in [6.07, 6.45) is 3.45. The van der Waals surface area contributed by atoms with Gasteiger partial charge in [0.1, 0.15) is 0 Å². The fourth-order valence-electron chi connectivity index (χ4n) is 1.26. The minimum Gasteiger partial charge on any atom is -0.464 e. The third kappa shape index (κ3) is 3.39. The Kier molecular flexibility index (Phi) is 4.22. The predicted octanol–water partition coefficient (Wildman–Crippen LogP) is 3.02. The first kappa shape index (κ1) is 14.4. The van der Waals surface area contributed by atoms with Gasteiger partial charge in [0.2, 0.25) is 0 Å². The molecule has 0 radical (unpaired) electrons. The van der Waals surface area contributed by atoms with E-state index in [0.29, 0.717) is 0 Å². The number of nitrogens with zero attached hydrogens (tertiary/aromatic N) is 2. The van der Waals surface area contributed by atoms with Gasteiger partial charge in [0.25, 0.3) is 0 Å². The lowest BCUT2D eigenvalue weighted by Gasteiger charge is -2.19. The molecule has 0 N–H and O–H groups in total. The van der Waals surface area contributed by atoms with E-state index in [4.69, 9.17) is 0 Å². The molecule has 1 aromatic heterocycles. The standard InChI is InChI=1S/C14H20N2O2/c1-9(14(3,4)5)7-11-10(2)16-12(8-15-11)13(17)18-6/h7-8H,1-6H3/b9-7+. The van der Waals surface area contributed by atoms with Gasteiger partial charge in [-0.1, -0.05) is 26.3 Å². The fraction of sp³-hybridized carbons (Fsp3) is 0.500. The first-order valence-electron chi connectivity index (χ1n) is 5.86. The lowest BCUT2D eigenvalue weighted by atomic mass is 9.87. The monoisotopic (exact) mass is 248 g/mol. The third-order valence-electron chi connectivity index (χ3n) is 2.92. The highest BCUT2D eigenvalue weighted by atomic mass is 16.5. The van der Waals surface area contributed by atoms with Crippen LogP contribution in [0.5, 0.6) is 0 Å². The second-order valence-corrected chi connectivity index (χ2v) is 5.29. The molecule has 0 bridgehead atoms. The van der Waals surface area contributed by atoms with Crippen LogP contribution in [-0.4, -0.2) is 23.0 Å². The van der Waals surface area contributed by atoms with Gasteiger partial charge in [-0.3, -0.25) is 4.98 Å². The number of aromatic nitrogens is 2. The molecule has 0 saturated carbocycles. The highest BCUT2D eigenvalue weighted by Gasteiger charge is 2.14. The van der Waals surface area contributed by atoms with Gasteiger partial charge in [0.05, 0.1) is 24.7 Å². The molecule has 0 amide bonds. The molecule has 0 atom stereocenters. The van der Waals surface area contributed by atoms with E-state index in [2.05, 4.69) is 42.4 Å². The van der Waals surface area contributed by atoms with Crippen LogP contribution in [-0.2, 0) is 4.74 Å². The maximum absolute atomic E-state index is 11.3. The van der Waals surface area contributed by atoms with E-state index in [-0.39, 0.29) is 11.1 Å². The number of methoxy groups -OCH3 is 1. The number of aryl methyl sites for hydroxylation is 1. The van der Waals surface area contributed by atoms with Gasteiger partial charge in [-0.05, 0) is 25.3 Å². The molecule has 0 aromatic carbocycles. The Morgan fingerprint density at radius 3 is 2.44 bits per heavy atom. The molecule has 0 saturated heterocycles. The molecule has 0 aliphatic carbocycles. The van der Waals surface area contributed by atoms with E-state index in [1.54, 1.807) is 0 Å². The van der Waals surface area contributed by atoms with Crippen LogP contribution >= 0.6 is 0 Å². The van der Waals surface area contributed by atoms with E-state index in [1.807, 2.05) is 13.0 Å². The zero-order valence-electron chi connectivity index (χ0n) is 11.9. The lowest BCUT2D eigenvalue weighted by Crippen LogP contribution is -2.09. The van der Waals surface area contributed by atoms with Gasteiger partial charge in [-0.15, -0.1) is 0 Å². The largest absolute Gasteiger partial charge is 0.464 e. The Morgan fingerprint density at radius 2 is 2.00 bits per heavy atom. The molecule has 1 heterocycles. The molecule has 0 spiro atoms. The second-order valence-electron chi connectivity index (χ2n) is 5.29. The van der Waals surface area contributed by atoms with Crippen molar-refractivity contribution in [1.29, 1.82) is 0 Å². The predicted molar refractivity (Wildman–Crippen MR) is 71.2 cm³/mol. The van der Waals surface area contributed by atoms with Crippen LogP contribution in [0, 0.1) is 12.3 Å². The van der Waals surface area contributed by atoms with Gasteiger partial charge in [-0.25, -0.2) is 9.78 Å². The summed E-state index contributed by atoms with van der Waals surface area (Å²) in [6.45, 7) is 10.3. The Hall–Kier alpha value is -1.71. The summed E-state index contributed by atoms with van der Waals surface area (Å²) in [7, 11) is 1.33.